The van der Waals surface area contributed by atoms with E-state index in [9.17, 15) is 0 Å². The van der Waals surface area contributed by atoms with Gasteiger partial charge in [-0.1, -0.05) is 136 Å². The van der Waals surface area contributed by atoms with Crippen molar-refractivity contribution in [3.8, 4) is 22.3 Å². The van der Waals surface area contributed by atoms with Crippen molar-refractivity contribution >= 4 is 70.5 Å². The summed E-state index contributed by atoms with van der Waals surface area (Å²) in [7, 11) is 0. The minimum absolute atomic E-state index is 0.0150. The Bertz CT molecular complexity index is 3240. The van der Waals surface area contributed by atoms with Crippen LogP contribution >= 0.6 is 11.3 Å². The Hall–Kier alpha value is -5.64. The molecule has 0 saturated heterocycles. The molecule has 7 aromatic carbocycles. The third-order valence-electron chi connectivity index (χ3n) is 13.7. The van der Waals surface area contributed by atoms with Crippen LogP contribution < -0.4 is 4.90 Å². The smallest absolute Gasteiger partial charge is 0.137 e. The zero-order chi connectivity index (χ0) is 41.0. The predicted molar refractivity (Wildman–Crippen MR) is 254 cm³/mol. The van der Waals surface area contributed by atoms with Gasteiger partial charge in [0.15, 0.2) is 0 Å². The number of benzene rings is 7. The molecule has 3 heteroatoms. The van der Waals surface area contributed by atoms with Crippen LogP contribution in [0.5, 0.6) is 0 Å². The first-order valence-electron chi connectivity index (χ1n) is 21.2. The Labute approximate surface area is 352 Å². The maximum atomic E-state index is 6.53. The monoisotopic (exact) mass is 785 g/mol. The zero-order valence-corrected chi connectivity index (χ0v) is 36.7. The topological polar surface area (TPSA) is 16.4 Å². The second-order valence-electron chi connectivity index (χ2n) is 20.2. The Morgan fingerprint density at radius 2 is 1.12 bits per heavy atom. The molecule has 59 heavy (non-hydrogen) atoms. The molecule has 2 aliphatic carbocycles. The van der Waals surface area contributed by atoms with Gasteiger partial charge in [-0.3, -0.25) is 0 Å². The van der Waals surface area contributed by atoms with Crippen LogP contribution in [0.1, 0.15) is 103 Å². The first kappa shape index (κ1) is 36.4. The van der Waals surface area contributed by atoms with Crippen LogP contribution in [0.4, 0.5) is 17.1 Å². The highest BCUT2D eigenvalue weighted by Crippen LogP contribution is 2.57. The molecule has 0 saturated carbocycles. The molecule has 0 fully saturated rings. The Balaban J connectivity index is 1.17. The van der Waals surface area contributed by atoms with Crippen molar-refractivity contribution in [2.75, 3.05) is 4.90 Å². The fourth-order valence-corrected chi connectivity index (χ4v) is 11.9. The van der Waals surface area contributed by atoms with Crippen LogP contribution in [-0.4, -0.2) is 0 Å². The lowest BCUT2D eigenvalue weighted by atomic mass is 9.79. The predicted octanol–water partition coefficient (Wildman–Crippen LogP) is 16.6. The third kappa shape index (κ3) is 5.16. The number of nitrogens with zero attached hydrogens (tertiary/aromatic N) is 1. The highest BCUT2D eigenvalue weighted by Gasteiger charge is 2.39. The van der Waals surface area contributed by atoms with E-state index >= 15 is 0 Å². The number of hydrogen-bond acceptors (Lipinski definition) is 3. The minimum atomic E-state index is -0.151. The molecule has 2 aromatic heterocycles. The molecule has 0 radical (unpaired) electrons. The highest BCUT2D eigenvalue weighted by molar-refractivity contribution is 7.26. The number of para-hydroxylation sites is 1. The molecule has 2 aliphatic rings. The molecule has 0 atom stereocenters. The van der Waals surface area contributed by atoms with Gasteiger partial charge in [-0.25, -0.2) is 0 Å². The van der Waals surface area contributed by atoms with Gasteiger partial charge in [0, 0.05) is 64.9 Å². The molecule has 0 bridgehead atoms. The van der Waals surface area contributed by atoms with Gasteiger partial charge < -0.3 is 9.32 Å². The van der Waals surface area contributed by atoms with Crippen LogP contribution in [-0.2, 0) is 21.7 Å². The van der Waals surface area contributed by atoms with Crippen LogP contribution in [0.25, 0.3) is 64.4 Å². The number of furan rings is 1. The maximum Gasteiger partial charge on any atom is 0.137 e. The van der Waals surface area contributed by atoms with Crippen molar-refractivity contribution in [2.45, 2.75) is 90.9 Å². The zero-order valence-electron chi connectivity index (χ0n) is 35.9. The molecule has 0 spiro atoms. The average molecular weight is 786 g/mol. The van der Waals surface area contributed by atoms with E-state index in [0.717, 1.165) is 39.0 Å². The molecule has 2 heterocycles. The summed E-state index contributed by atoms with van der Waals surface area (Å²) in [6.45, 7) is 23.7. The highest BCUT2D eigenvalue weighted by atomic mass is 32.1. The SMILES string of the molecule is CC(C)(C)c1cc(C(C)(C)C)c2sc3ccc4c(c3c2c1)-c1cc(N(c2ccc3c(c2)C(C)(C)c2ccccc2-3)c2ccc3c(c2)oc2ccccc23)ccc1C4(C)C. The molecule has 0 unspecified atom stereocenters. The maximum absolute atomic E-state index is 6.53. The number of hydrogen-bond donors (Lipinski definition) is 0. The molecule has 0 aliphatic heterocycles. The Morgan fingerprint density at radius 1 is 0.492 bits per heavy atom. The summed E-state index contributed by atoms with van der Waals surface area (Å²) in [5.74, 6) is 0. The van der Waals surface area contributed by atoms with Gasteiger partial charge in [-0.05, 0) is 121 Å². The molecule has 292 valence electrons. The normalized spacial score (nSPS) is 15.2. The summed E-state index contributed by atoms with van der Waals surface area (Å²) in [6.07, 6.45) is 0. The summed E-state index contributed by atoms with van der Waals surface area (Å²) in [6, 6.07) is 48.2. The standard InChI is InChI=1S/C56H51NOS/c1-53(2,3)32-27-41-51-49(59-52(41)46(28-32)54(4,5)6)26-25-44-50(51)40-29-33(21-24-43(40)55(44,7)8)57(35-20-23-39-38-16-12-14-18-47(38)58-48(39)31-35)34-19-22-37-36-15-11-13-17-42(36)56(9,10)45(37)30-34/h11-31H,1-10H3. The van der Waals surface area contributed by atoms with E-state index < -0.39 is 0 Å². The summed E-state index contributed by atoms with van der Waals surface area (Å²) in [5.41, 5.74) is 18.7. The van der Waals surface area contributed by atoms with E-state index in [1.54, 1.807) is 0 Å². The fraction of sp³-hybridized carbons (Fsp3) is 0.250. The summed E-state index contributed by atoms with van der Waals surface area (Å²) in [4.78, 5) is 2.46. The largest absolute Gasteiger partial charge is 0.456 e. The number of thiophene rings is 1. The quantitative estimate of drug-likeness (QED) is 0.177. The number of rotatable bonds is 3. The van der Waals surface area contributed by atoms with Gasteiger partial charge in [0.2, 0.25) is 0 Å². The second-order valence-corrected chi connectivity index (χ2v) is 21.3. The van der Waals surface area contributed by atoms with E-state index in [-0.39, 0.29) is 21.7 Å². The Morgan fingerprint density at radius 3 is 1.92 bits per heavy atom. The van der Waals surface area contributed by atoms with Gasteiger partial charge in [0.1, 0.15) is 11.2 Å². The summed E-state index contributed by atoms with van der Waals surface area (Å²) >= 11 is 1.97. The first-order chi connectivity index (χ1) is 28.0. The molecular weight excluding hydrogens is 735 g/mol. The second kappa shape index (κ2) is 12.0. The van der Waals surface area contributed by atoms with Crippen LogP contribution in [0.2, 0.25) is 0 Å². The van der Waals surface area contributed by atoms with E-state index in [1.807, 2.05) is 17.4 Å². The molecule has 0 N–H and O–H groups in total. The van der Waals surface area contributed by atoms with Crippen molar-refractivity contribution < 1.29 is 4.42 Å². The van der Waals surface area contributed by atoms with Crippen molar-refractivity contribution in [1.29, 1.82) is 0 Å². The van der Waals surface area contributed by atoms with Crippen LogP contribution in [0.15, 0.2) is 132 Å². The number of fused-ring (bicyclic) bond motifs is 13. The summed E-state index contributed by atoms with van der Waals surface area (Å²) in [5, 5.41) is 5.07. The molecule has 0 amide bonds. The van der Waals surface area contributed by atoms with Gasteiger partial charge >= 0.3 is 0 Å². The van der Waals surface area contributed by atoms with Crippen LogP contribution in [0, 0.1) is 0 Å². The molecular formula is C56H51NOS. The first-order valence-corrected chi connectivity index (χ1v) is 22.0. The van der Waals surface area contributed by atoms with Gasteiger partial charge in [0.25, 0.3) is 0 Å². The lowest BCUT2D eigenvalue weighted by molar-refractivity contribution is 0.573. The van der Waals surface area contributed by atoms with E-state index in [1.165, 1.54) is 75.8 Å². The molecule has 9 aromatic rings. The Kier molecular flexibility index (Phi) is 7.40. The van der Waals surface area contributed by atoms with Crippen molar-refractivity contribution in [3.63, 3.8) is 0 Å². The average Bonchev–Trinajstić information content (AvgIpc) is 3.89. The molecule has 11 rings (SSSR count). The van der Waals surface area contributed by atoms with Gasteiger partial charge in [0.05, 0.1) is 0 Å². The molecule has 2 nitrogen and oxygen atoms in total. The van der Waals surface area contributed by atoms with E-state index in [0.29, 0.717) is 0 Å². The van der Waals surface area contributed by atoms with Crippen molar-refractivity contribution in [1.82, 2.24) is 0 Å². The fourth-order valence-electron chi connectivity index (χ4n) is 10.5. The van der Waals surface area contributed by atoms with Crippen molar-refractivity contribution in [2.24, 2.45) is 0 Å². The van der Waals surface area contributed by atoms with Gasteiger partial charge in [-0.2, -0.15) is 0 Å². The van der Waals surface area contributed by atoms with Crippen molar-refractivity contribution in [3.05, 3.63) is 161 Å². The van der Waals surface area contributed by atoms with Crippen LogP contribution in [0.3, 0.4) is 0 Å². The van der Waals surface area contributed by atoms with Gasteiger partial charge in [-0.15, -0.1) is 11.3 Å². The lowest BCUT2D eigenvalue weighted by Crippen LogP contribution is -2.17. The third-order valence-corrected chi connectivity index (χ3v) is 14.9. The van der Waals surface area contributed by atoms with E-state index in [2.05, 4.69) is 195 Å². The minimum Gasteiger partial charge on any atom is -0.456 e. The number of anilines is 3. The lowest BCUT2D eigenvalue weighted by Gasteiger charge is -2.29. The summed E-state index contributed by atoms with van der Waals surface area (Å²) < 4.78 is 9.31. The van der Waals surface area contributed by atoms with E-state index in [4.69, 9.17) is 4.42 Å².